The minimum atomic E-state index is 0. The van der Waals surface area contributed by atoms with Crippen LogP contribution in [0.5, 0.6) is 0 Å². The van der Waals surface area contributed by atoms with Gasteiger partial charge in [0.15, 0.2) is 0 Å². The third-order valence-corrected chi connectivity index (χ3v) is 3.71. The van der Waals surface area contributed by atoms with Crippen molar-refractivity contribution in [2.24, 2.45) is 0 Å². The number of halogens is 2. The number of fused-ring (bicyclic) bond motifs is 1. The lowest BCUT2D eigenvalue weighted by molar-refractivity contribution is 0.593. The molecule has 0 saturated carbocycles. The largest absolute Gasteiger partial charge is 0.359 e. The molecule has 0 atom stereocenters. The summed E-state index contributed by atoms with van der Waals surface area (Å²) in [6.07, 6.45) is 0. The van der Waals surface area contributed by atoms with Crippen LogP contribution in [0.25, 0.3) is 10.9 Å². The standard InChI is InChI=1S/C11H13N3S.2ClH/c1-2-4-10-9(3-1)11(15-13-10)14-7-5-12-6-8-14;;/h1-4,12H,5-8H2;2*1H. The zero-order chi connectivity index (χ0) is 10.1. The number of nitrogens with one attached hydrogen (secondary N) is 1. The first kappa shape index (κ1) is 14.5. The summed E-state index contributed by atoms with van der Waals surface area (Å²) in [5.41, 5.74) is 1.12. The summed E-state index contributed by atoms with van der Waals surface area (Å²) >= 11 is 1.62. The van der Waals surface area contributed by atoms with Crippen molar-refractivity contribution < 1.29 is 0 Å². The zero-order valence-electron chi connectivity index (χ0n) is 9.26. The highest BCUT2D eigenvalue weighted by Crippen LogP contribution is 2.30. The van der Waals surface area contributed by atoms with Gasteiger partial charge in [-0.05, 0) is 23.7 Å². The van der Waals surface area contributed by atoms with E-state index in [4.69, 9.17) is 0 Å². The zero-order valence-corrected chi connectivity index (χ0v) is 11.7. The van der Waals surface area contributed by atoms with Gasteiger partial charge in [-0.25, -0.2) is 0 Å². The molecule has 0 radical (unpaired) electrons. The summed E-state index contributed by atoms with van der Waals surface area (Å²) in [6, 6.07) is 8.37. The van der Waals surface area contributed by atoms with Gasteiger partial charge in [0, 0.05) is 31.6 Å². The Balaban J connectivity index is 0.000000722. The highest BCUT2D eigenvalue weighted by atomic mass is 35.5. The van der Waals surface area contributed by atoms with E-state index in [1.807, 2.05) is 6.07 Å². The van der Waals surface area contributed by atoms with Crippen LogP contribution in [0.15, 0.2) is 24.3 Å². The smallest absolute Gasteiger partial charge is 0.120 e. The Labute approximate surface area is 117 Å². The molecule has 3 nitrogen and oxygen atoms in total. The van der Waals surface area contributed by atoms with Crippen molar-refractivity contribution in [3.63, 3.8) is 0 Å². The lowest BCUT2D eigenvalue weighted by Crippen LogP contribution is -2.43. The molecule has 17 heavy (non-hydrogen) atoms. The quantitative estimate of drug-likeness (QED) is 0.875. The molecule has 0 unspecified atom stereocenters. The molecule has 94 valence electrons. The Hall–Kier alpha value is -0.550. The number of anilines is 1. The number of rotatable bonds is 1. The van der Waals surface area contributed by atoms with Gasteiger partial charge in [-0.1, -0.05) is 12.1 Å². The Morgan fingerprint density at radius 1 is 1.12 bits per heavy atom. The van der Waals surface area contributed by atoms with E-state index in [-0.39, 0.29) is 24.8 Å². The van der Waals surface area contributed by atoms with Gasteiger partial charge < -0.3 is 10.2 Å². The number of hydrogen-bond donors (Lipinski definition) is 1. The molecule has 0 bridgehead atoms. The first-order valence-electron chi connectivity index (χ1n) is 5.25. The Morgan fingerprint density at radius 3 is 2.59 bits per heavy atom. The van der Waals surface area contributed by atoms with E-state index in [0.29, 0.717) is 0 Å². The highest BCUT2D eigenvalue weighted by molar-refractivity contribution is 7.11. The van der Waals surface area contributed by atoms with Gasteiger partial charge >= 0.3 is 0 Å². The second-order valence-electron chi connectivity index (χ2n) is 3.74. The van der Waals surface area contributed by atoms with Crippen LogP contribution in [0, 0.1) is 0 Å². The van der Waals surface area contributed by atoms with E-state index in [9.17, 15) is 0 Å². The molecule has 1 aliphatic heterocycles. The van der Waals surface area contributed by atoms with Crippen molar-refractivity contribution in [3.8, 4) is 0 Å². The number of benzene rings is 1. The van der Waals surface area contributed by atoms with Gasteiger partial charge in [-0.2, -0.15) is 4.37 Å². The van der Waals surface area contributed by atoms with Gasteiger partial charge in [-0.3, -0.25) is 0 Å². The fraction of sp³-hybridized carbons (Fsp3) is 0.364. The first-order valence-corrected chi connectivity index (χ1v) is 6.02. The van der Waals surface area contributed by atoms with Crippen LogP contribution in [0.3, 0.4) is 0 Å². The van der Waals surface area contributed by atoms with Crippen LogP contribution < -0.4 is 10.2 Å². The Bertz CT molecular complexity index is 468. The molecule has 6 heteroatoms. The molecule has 2 aromatic rings. The average Bonchev–Trinajstić information content (AvgIpc) is 2.74. The van der Waals surface area contributed by atoms with Gasteiger partial charge in [-0.15, -0.1) is 24.8 Å². The fourth-order valence-corrected chi connectivity index (χ4v) is 2.88. The van der Waals surface area contributed by atoms with E-state index in [1.165, 1.54) is 10.4 Å². The number of piperazine rings is 1. The number of hydrogen-bond acceptors (Lipinski definition) is 4. The van der Waals surface area contributed by atoms with E-state index < -0.39 is 0 Å². The van der Waals surface area contributed by atoms with Crippen LogP contribution in [0.4, 0.5) is 5.00 Å². The summed E-state index contributed by atoms with van der Waals surface area (Å²) in [7, 11) is 0. The van der Waals surface area contributed by atoms with Crippen molar-refractivity contribution in [1.82, 2.24) is 9.69 Å². The molecular formula is C11H15Cl2N3S. The van der Waals surface area contributed by atoms with Crippen LogP contribution in [0.2, 0.25) is 0 Å². The SMILES string of the molecule is Cl.Cl.c1ccc2c(N3CCNCC3)snc2c1. The van der Waals surface area contributed by atoms with Crippen molar-refractivity contribution in [2.45, 2.75) is 0 Å². The molecule has 1 N–H and O–H groups in total. The van der Waals surface area contributed by atoms with E-state index >= 15 is 0 Å². The van der Waals surface area contributed by atoms with Gasteiger partial charge in [0.2, 0.25) is 0 Å². The average molecular weight is 292 g/mol. The Morgan fingerprint density at radius 2 is 1.82 bits per heavy atom. The van der Waals surface area contributed by atoms with E-state index in [1.54, 1.807) is 11.5 Å². The monoisotopic (exact) mass is 291 g/mol. The molecule has 0 amide bonds. The van der Waals surface area contributed by atoms with Crippen LogP contribution in [-0.2, 0) is 0 Å². The molecule has 0 spiro atoms. The maximum Gasteiger partial charge on any atom is 0.120 e. The van der Waals surface area contributed by atoms with Crippen LogP contribution in [-0.4, -0.2) is 30.6 Å². The van der Waals surface area contributed by atoms with E-state index in [2.05, 4.69) is 32.8 Å². The maximum atomic E-state index is 4.47. The Kier molecular flexibility index (Phi) is 5.46. The van der Waals surface area contributed by atoms with Gasteiger partial charge in [0.25, 0.3) is 0 Å². The summed E-state index contributed by atoms with van der Waals surface area (Å²) in [6.45, 7) is 4.33. The molecule has 1 aromatic carbocycles. The lowest BCUT2D eigenvalue weighted by Gasteiger charge is -2.27. The van der Waals surface area contributed by atoms with Crippen molar-refractivity contribution in [3.05, 3.63) is 24.3 Å². The molecule has 1 aliphatic rings. The molecule has 1 aromatic heterocycles. The maximum absolute atomic E-state index is 4.47. The number of nitrogens with zero attached hydrogens (tertiary/aromatic N) is 2. The first-order chi connectivity index (χ1) is 7.45. The minimum absolute atomic E-state index is 0. The predicted octanol–water partition coefficient (Wildman–Crippen LogP) is 2.55. The molecule has 2 heterocycles. The predicted molar refractivity (Wildman–Crippen MR) is 79.2 cm³/mol. The normalized spacial score (nSPS) is 15.2. The summed E-state index contributed by atoms with van der Waals surface area (Å²) in [5, 5.41) is 5.99. The molecule has 0 aliphatic carbocycles. The topological polar surface area (TPSA) is 28.2 Å². The van der Waals surface area contributed by atoms with Crippen molar-refractivity contribution >= 4 is 52.3 Å². The van der Waals surface area contributed by atoms with Crippen LogP contribution >= 0.6 is 36.3 Å². The third kappa shape index (κ3) is 2.83. The van der Waals surface area contributed by atoms with Crippen molar-refractivity contribution in [2.75, 3.05) is 31.1 Å². The molecule has 1 saturated heterocycles. The third-order valence-electron chi connectivity index (χ3n) is 2.77. The molecular weight excluding hydrogens is 277 g/mol. The van der Waals surface area contributed by atoms with Gasteiger partial charge in [0.1, 0.15) is 5.00 Å². The lowest BCUT2D eigenvalue weighted by atomic mass is 10.2. The minimum Gasteiger partial charge on any atom is -0.359 e. The molecule has 1 fully saturated rings. The summed E-state index contributed by atoms with van der Waals surface area (Å²) < 4.78 is 4.47. The second-order valence-corrected chi connectivity index (χ2v) is 4.49. The van der Waals surface area contributed by atoms with Gasteiger partial charge in [0.05, 0.1) is 5.52 Å². The van der Waals surface area contributed by atoms with Crippen molar-refractivity contribution in [1.29, 1.82) is 0 Å². The second kappa shape index (κ2) is 6.40. The summed E-state index contributed by atoms with van der Waals surface area (Å²) in [5.74, 6) is 0. The fourth-order valence-electron chi connectivity index (χ4n) is 1.97. The van der Waals surface area contributed by atoms with E-state index in [0.717, 1.165) is 31.7 Å². The number of aromatic nitrogens is 1. The van der Waals surface area contributed by atoms with Crippen LogP contribution in [0.1, 0.15) is 0 Å². The summed E-state index contributed by atoms with van der Waals surface area (Å²) in [4.78, 5) is 2.43. The highest BCUT2D eigenvalue weighted by Gasteiger charge is 2.15. The molecule has 3 rings (SSSR count).